The Morgan fingerprint density at radius 2 is 2.05 bits per heavy atom. The lowest BCUT2D eigenvalue weighted by atomic mass is 9.77. The first-order valence-corrected chi connectivity index (χ1v) is 6.88. The van der Waals surface area contributed by atoms with Crippen LogP contribution < -0.4 is 5.73 Å². The van der Waals surface area contributed by atoms with E-state index in [0.717, 1.165) is 24.8 Å². The van der Waals surface area contributed by atoms with Crippen molar-refractivity contribution in [2.75, 3.05) is 0 Å². The molecule has 1 saturated carbocycles. The van der Waals surface area contributed by atoms with Crippen LogP contribution in [0.25, 0.3) is 0 Å². The fourth-order valence-corrected chi connectivity index (χ4v) is 2.46. The molecule has 4 nitrogen and oxygen atoms in total. The van der Waals surface area contributed by atoms with Gasteiger partial charge in [0.05, 0.1) is 22.0 Å². The molecule has 1 fully saturated rings. The lowest BCUT2D eigenvalue weighted by Gasteiger charge is -2.34. The Morgan fingerprint density at radius 3 is 2.68 bits per heavy atom. The molecule has 1 aliphatic carbocycles. The summed E-state index contributed by atoms with van der Waals surface area (Å²) in [6.07, 6.45) is 3.48. The molecule has 0 radical (unpaired) electrons. The Hall–Kier alpha value is -1.10. The van der Waals surface area contributed by atoms with Crippen molar-refractivity contribution in [1.29, 1.82) is 0 Å². The lowest BCUT2D eigenvalue weighted by Crippen LogP contribution is -2.44. The van der Waals surface area contributed by atoms with Crippen LogP contribution in [0.4, 0.5) is 0 Å². The topological polar surface area (TPSA) is 64.9 Å². The minimum absolute atomic E-state index is 0.389. The molecule has 3 rings (SSSR count). The predicted molar refractivity (Wildman–Crippen MR) is 73.3 cm³/mol. The molecule has 0 aliphatic heterocycles. The van der Waals surface area contributed by atoms with Crippen LogP contribution in [0.2, 0.25) is 10.0 Å². The Bertz CT molecular complexity index is 608. The number of rotatable bonds is 3. The van der Waals surface area contributed by atoms with Gasteiger partial charge < -0.3 is 10.3 Å². The van der Waals surface area contributed by atoms with Crippen molar-refractivity contribution in [3.8, 4) is 0 Å². The second kappa shape index (κ2) is 4.78. The second-order valence-corrected chi connectivity index (χ2v) is 5.76. The molecular weight excluding hydrogens is 285 g/mol. The molecule has 19 heavy (non-hydrogen) atoms. The van der Waals surface area contributed by atoms with Crippen molar-refractivity contribution in [2.24, 2.45) is 5.73 Å². The maximum atomic E-state index is 6.15. The third-order valence-electron chi connectivity index (χ3n) is 3.50. The largest absolute Gasteiger partial charge is 0.339 e. The first-order valence-electron chi connectivity index (χ1n) is 6.13. The van der Waals surface area contributed by atoms with Gasteiger partial charge in [0, 0.05) is 0 Å². The molecule has 0 atom stereocenters. The van der Waals surface area contributed by atoms with E-state index in [0.29, 0.717) is 28.2 Å². The van der Waals surface area contributed by atoms with Gasteiger partial charge in [0.2, 0.25) is 5.89 Å². The van der Waals surface area contributed by atoms with Gasteiger partial charge in [-0.15, -0.1) is 0 Å². The fourth-order valence-electron chi connectivity index (χ4n) is 2.13. The molecule has 1 aromatic carbocycles. The summed E-state index contributed by atoms with van der Waals surface area (Å²) in [6.45, 7) is 0. The van der Waals surface area contributed by atoms with Crippen LogP contribution in [0.5, 0.6) is 0 Å². The summed E-state index contributed by atoms with van der Waals surface area (Å²) in [6, 6.07) is 5.45. The predicted octanol–water partition coefficient (Wildman–Crippen LogP) is 3.31. The Labute approximate surface area is 120 Å². The van der Waals surface area contributed by atoms with E-state index in [2.05, 4.69) is 10.1 Å². The van der Waals surface area contributed by atoms with E-state index in [1.165, 1.54) is 0 Å². The SMILES string of the molecule is NC1(c2noc(Cc3ccc(Cl)c(Cl)c3)n2)CCC1. The molecule has 0 amide bonds. The van der Waals surface area contributed by atoms with E-state index in [4.69, 9.17) is 33.5 Å². The van der Waals surface area contributed by atoms with Crippen LogP contribution in [-0.4, -0.2) is 10.1 Å². The number of nitrogens with two attached hydrogens (primary N) is 1. The summed E-state index contributed by atoms with van der Waals surface area (Å²) >= 11 is 11.8. The Kier molecular flexibility index (Phi) is 3.25. The van der Waals surface area contributed by atoms with Crippen molar-refractivity contribution < 1.29 is 4.52 Å². The molecular formula is C13H13Cl2N3O. The van der Waals surface area contributed by atoms with Crippen LogP contribution in [0.1, 0.15) is 36.5 Å². The van der Waals surface area contributed by atoms with Gasteiger partial charge in [-0.05, 0) is 37.0 Å². The third kappa shape index (κ3) is 2.48. The summed E-state index contributed by atoms with van der Waals surface area (Å²) in [4.78, 5) is 4.37. The van der Waals surface area contributed by atoms with Gasteiger partial charge in [-0.1, -0.05) is 34.4 Å². The van der Waals surface area contributed by atoms with Gasteiger partial charge in [-0.2, -0.15) is 4.98 Å². The first kappa shape index (κ1) is 12.9. The zero-order chi connectivity index (χ0) is 13.5. The maximum absolute atomic E-state index is 6.15. The Balaban J connectivity index is 1.78. The minimum atomic E-state index is -0.389. The second-order valence-electron chi connectivity index (χ2n) is 4.95. The highest BCUT2D eigenvalue weighted by atomic mass is 35.5. The van der Waals surface area contributed by atoms with Crippen LogP contribution in [0.15, 0.2) is 22.7 Å². The quantitative estimate of drug-likeness (QED) is 0.944. The molecule has 0 unspecified atom stereocenters. The van der Waals surface area contributed by atoms with Gasteiger partial charge in [-0.25, -0.2) is 0 Å². The number of aromatic nitrogens is 2. The van der Waals surface area contributed by atoms with Gasteiger partial charge in [0.1, 0.15) is 0 Å². The van der Waals surface area contributed by atoms with Gasteiger partial charge in [0.15, 0.2) is 5.82 Å². The summed E-state index contributed by atoms with van der Waals surface area (Å²) in [5.41, 5.74) is 6.74. The fraction of sp³-hybridized carbons (Fsp3) is 0.385. The zero-order valence-electron chi connectivity index (χ0n) is 10.2. The molecule has 1 aromatic heterocycles. The molecule has 1 heterocycles. The number of halogens is 2. The van der Waals surface area contributed by atoms with E-state index in [9.17, 15) is 0 Å². The summed E-state index contributed by atoms with van der Waals surface area (Å²) < 4.78 is 5.24. The van der Waals surface area contributed by atoms with Gasteiger partial charge >= 0.3 is 0 Å². The van der Waals surface area contributed by atoms with E-state index in [-0.39, 0.29) is 5.54 Å². The molecule has 0 bridgehead atoms. The Morgan fingerprint density at radius 1 is 1.26 bits per heavy atom. The van der Waals surface area contributed by atoms with Gasteiger partial charge in [0.25, 0.3) is 0 Å². The third-order valence-corrected chi connectivity index (χ3v) is 4.24. The normalized spacial score (nSPS) is 17.2. The molecule has 2 N–H and O–H groups in total. The molecule has 0 saturated heterocycles. The van der Waals surface area contributed by atoms with Crippen molar-refractivity contribution in [2.45, 2.75) is 31.2 Å². The number of hydrogen-bond donors (Lipinski definition) is 1. The van der Waals surface area contributed by atoms with Crippen LogP contribution in [0, 0.1) is 0 Å². The highest BCUT2D eigenvalue weighted by molar-refractivity contribution is 6.42. The zero-order valence-corrected chi connectivity index (χ0v) is 11.7. The van der Waals surface area contributed by atoms with E-state index >= 15 is 0 Å². The molecule has 6 heteroatoms. The molecule has 0 spiro atoms. The average molecular weight is 298 g/mol. The summed E-state index contributed by atoms with van der Waals surface area (Å²) in [5, 5.41) is 5.03. The lowest BCUT2D eigenvalue weighted by molar-refractivity contribution is 0.229. The number of hydrogen-bond acceptors (Lipinski definition) is 4. The maximum Gasteiger partial charge on any atom is 0.231 e. The highest BCUT2D eigenvalue weighted by Crippen LogP contribution is 2.37. The summed E-state index contributed by atoms with van der Waals surface area (Å²) in [5.74, 6) is 1.15. The monoisotopic (exact) mass is 297 g/mol. The van der Waals surface area contributed by atoms with Crippen molar-refractivity contribution >= 4 is 23.2 Å². The number of nitrogens with zero attached hydrogens (tertiary/aromatic N) is 2. The standard InChI is InChI=1S/C13H13Cl2N3O/c14-9-3-2-8(6-10(9)15)7-11-17-12(18-19-11)13(16)4-1-5-13/h2-3,6H,1,4-5,7,16H2. The average Bonchev–Trinajstić information content (AvgIpc) is 2.80. The smallest absolute Gasteiger partial charge is 0.231 e. The minimum Gasteiger partial charge on any atom is -0.339 e. The van der Waals surface area contributed by atoms with Gasteiger partial charge in [-0.3, -0.25) is 0 Å². The van der Waals surface area contributed by atoms with Crippen LogP contribution in [-0.2, 0) is 12.0 Å². The van der Waals surface area contributed by atoms with E-state index in [1.807, 2.05) is 6.07 Å². The highest BCUT2D eigenvalue weighted by Gasteiger charge is 2.38. The molecule has 1 aliphatic rings. The first-order chi connectivity index (χ1) is 9.07. The van der Waals surface area contributed by atoms with Crippen molar-refractivity contribution in [3.05, 3.63) is 45.5 Å². The van der Waals surface area contributed by atoms with E-state index < -0.39 is 0 Å². The van der Waals surface area contributed by atoms with Crippen LogP contribution in [0.3, 0.4) is 0 Å². The summed E-state index contributed by atoms with van der Waals surface area (Å²) in [7, 11) is 0. The van der Waals surface area contributed by atoms with Crippen molar-refractivity contribution in [1.82, 2.24) is 10.1 Å². The van der Waals surface area contributed by atoms with E-state index in [1.54, 1.807) is 12.1 Å². The van der Waals surface area contributed by atoms with Crippen LogP contribution >= 0.6 is 23.2 Å². The molecule has 100 valence electrons. The number of benzene rings is 1. The molecule has 2 aromatic rings. The van der Waals surface area contributed by atoms with Crippen molar-refractivity contribution in [3.63, 3.8) is 0 Å².